The number of pyridine rings is 1. The highest BCUT2D eigenvalue weighted by Gasteiger charge is 2.41. The summed E-state index contributed by atoms with van der Waals surface area (Å²) in [6.07, 6.45) is 2.33. The number of non-ortho nitro benzene ring substituents is 1. The first-order valence-corrected chi connectivity index (χ1v) is 11.4. The van der Waals surface area contributed by atoms with E-state index in [4.69, 9.17) is 17.0 Å². The van der Waals surface area contributed by atoms with Gasteiger partial charge in [-0.05, 0) is 62.3 Å². The molecule has 0 amide bonds. The largest absolute Gasteiger partial charge is 0.495 e. The molecular formula is C24H27N5O4S. The monoisotopic (exact) mass is 481 g/mol. The summed E-state index contributed by atoms with van der Waals surface area (Å²) in [4.78, 5) is 17.7. The summed E-state index contributed by atoms with van der Waals surface area (Å²) in [7, 11) is 1.55. The number of nitro groups is 1. The number of hydrogen-bond donors (Lipinski definition) is 2. The van der Waals surface area contributed by atoms with E-state index in [1.807, 2.05) is 36.6 Å². The van der Waals surface area contributed by atoms with Gasteiger partial charge in [0, 0.05) is 42.9 Å². The van der Waals surface area contributed by atoms with Crippen LogP contribution in [0.3, 0.4) is 0 Å². The molecule has 2 atom stereocenters. The number of aliphatic hydroxyl groups is 1. The topological polar surface area (TPSA) is 106 Å². The van der Waals surface area contributed by atoms with E-state index in [0.29, 0.717) is 29.5 Å². The molecule has 2 unspecified atom stereocenters. The zero-order valence-electron chi connectivity index (χ0n) is 19.3. The molecule has 0 aliphatic carbocycles. The van der Waals surface area contributed by atoms with Gasteiger partial charge in [0.05, 0.1) is 35.5 Å². The smallest absolute Gasteiger partial charge is 0.271 e. The second-order valence-electron chi connectivity index (χ2n) is 8.17. The average Bonchev–Trinajstić information content (AvgIpc) is 3.32. The number of aromatic nitrogens is 2. The molecule has 1 aliphatic rings. The number of rotatable bonds is 8. The molecule has 3 aromatic rings. The van der Waals surface area contributed by atoms with E-state index >= 15 is 0 Å². The van der Waals surface area contributed by atoms with Crippen molar-refractivity contribution in [3.63, 3.8) is 0 Å². The maximum absolute atomic E-state index is 11.4. The number of benzene rings is 1. The molecule has 1 aliphatic heterocycles. The molecule has 0 bridgehead atoms. The minimum Gasteiger partial charge on any atom is -0.495 e. The fraction of sp³-hybridized carbons (Fsp3) is 0.333. The summed E-state index contributed by atoms with van der Waals surface area (Å²) in [6.45, 7) is 4.59. The highest BCUT2D eigenvalue weighted by molar-refractivity contribution is 7.80. The van der Waals surface area contributed by atoms with Crippen LogP contribution in [0, 0.1) is 24.0 Å². The maximum Gasteiger partial charge on any atom is 0.271 e. The Morgan fingerprint density at radius 2 is 2.06 bits per heavy atom. The van der Waals surface area contributed by atoms with Crippen LogP contribution in [-0.2, 0) is 0 Å². The zero-order valence-corrected chi connectivity index (χ0v) is 20.1. The predicted octanol–water partition coefficient (Wildman–Crippen LogP) is 3.76. The van der Waals surface area contributed by atoms with Gasteiger partial charge in [-0.25, -0.2) is 0 Å². The maximum atomic E-state index is 11.4. The average molecular weight is 482 g/mol. The minimum absolute atomic E-state index is 0.00973. The Kier molecular flexibility index (Phi) is 6.80. The van der Waals surface area contributed by atoms with E-state index < -0.39 is 4.92 Å². The molecule has 2 N–H and O–H groups in total. The zero-order chi connectivity index (χ0) is 24.4. The van der Waals surface area contributed by atoms with Gasteiger partial charge in [0.25, 0.3) is 5.69 Å². The van der Waals surface area contributed by atoms with E-state index in [1.165, 1.54) is 12.1 Å². The molecule has 0 saturated carbocycles. The number of hydrogen-bond acceptors (Lipinski definition) is 6. The third-order valence-electron chi connectivity index (χ3n) is 6.16. The number of ether oxygens (including phenoxy) is 1. The first-order chi connectivity index (χ1) is 16.4. The van der Waals surface area contributed by atoms with Gasteiger partial charge in [-0.2, -0.15) is 0 Å². The van der Waals surface area contributed by atoms with E-state index in [-0.39, 0.29) is 24.4 Å². The minimum atomic E-state index is -0.412. The molecule has 9 nitrogen and oxygen atoms in total. The van der Waals surface area contributed by atoms with E-state index in [0.717, 1.165) is 22.6 Å². The third-order valence-corrected chi connectivity index (χ3v) is 6.51. The molecular weight excluding hydrogens is 454 g/mol. The molecule has 178 valence electrons. The van der Waals surface area contributed by atoms with Crippen LogP contribution in [0.1, 0.15) is 41.1 Å². The fourth-order valence-corrected chi connectivity index (χ4v) is 4.98. The Labute approximate surface area is 203 Å². The molecule has 1 aromatic carbocycles. The SMILES string of the molecule is COc1ccc([N+](=O)[O-])cc1-n1c(C)cc(C2C(c3ccccn3)NC(=S)N2CCCO)c1C. The molecule has 0 radical (unpaired) electrons. The van der Waals surface area contributed by atoms with Crippen LogP contribution in [0.25, 0.3) is 5.69 Å². The summed E-state index contributed by atoms with van der Waals surface area (Å²) in [5.74, 6) is 0.539. The summed E-state index contributed by atoms with van der Waals surface area (Å²) in [5, 5.41) is 24.9. The van der Waals surface area contributed by atoms with Crippen molar-refractivity contribution in [3.8, 4) is 11.4 Å². The van der Waals surface area contributed by atoms with Gasteiger partial charge in [-0.1, -0.05) is 6.07 Å². The lowest BCUT2D eigenvalue weighted by Gasteiger charge is -2.28. The van der Waals surface area contributed by atoms with E-state index in [9.17, 15) is 15.2 Å². The first-order valence-electron chi connectivity index (χ1n) is 11.0. The molecule has 10 heteroatoms. The molecule has 3 heterocycles. The molecule has 1 fully saturated rings. The lowest BCUT2D eigenvalue weighted by atomic mass is 9.96. The molecule has 34 heavy (non-hydrogen) atoms. The van der Waals surface area contributed by atoms with Crippen molar-refractivity contribution in [1.82, 2.24) is 19.8 Å². The molecule has 1 saturated heterocycles. The van der Waals surface area contributed by atoms with Gasteiger partial charge in [0.2, 0.25) is 0 Å². The molecule has 2 aromatic heterocycles. The van der Waals surface area contributed by atoms with Crippen molar-refractivity contribution in [2.45, 2.75) is 32.4 Å². The van der Waals surface area contributed by atoms with Crippen LogP contribution in [0.4, 0.5) is 5.69 Å². The fourth-order valence-electron chi connectivity index (χ4n) is 4.65. The number of aliphatic hydroxyl groups excluding tert-OH is 1. The van der Waals surface area contributed by atoms with E-state index in [1.54, 1.807) is 19.4 Å². The first kappa shape index (κ1) is 23.7. The van der Waals surface area contributed by atoms with Gasteiger partial charge < -0.3 is 24.6 Å². The standard InChI is InChI=1S/C24H27N5O4S/c1-15-13-18(16(2)28(15)20-14-17(29(31)32)8-9-21(20)33-3)23-22(19-7-4-5-10-25-19)26-24(34)27(23)11-6-12-30/h4-5,7-10,13-14,22-23,30H,6,11-12H2,1-3H3,(H,26,34). The number of nitrogens with one attached hydrogen (secondary N) is 1. The predicted molar refractivity (Wildman–Crippen MR) is 132 cm³/mol. The van der Waals surface area contributed by atoms with Crippen molar-refractivity contribution in [3.05, 3.63) is 81.4 Å². The van der Waals surface area contributed by atoms with Crippen molar-refractivity contribution in [2.75, 3.05) is 20.3 Å². The Morgan fingerprint density at radius 1 is 1.26 bits per heavy atom. The summed E-state index contributed by atoms with van der Waals surface area (Å²) in [6, 6.07) is 12.1. The highest BCUT2D eigenvalue weighted by atomic mass is 32.1. The number of nitrogens with zero attached hydrogens (tertiary/aromatic N) is 4. The van der Waals surface area contributed by atoms with Crippen molar-refractivity contribution >= 4 is 23.0 Å². The number of nitro benzene ring substituents is 1. The van der Waals surface area contributed by atoms with Crippen LogP contribution >= 0.6 is 12.2 Å². The lowest BCUT2D eigenvalue weighted by Crippen LogP contribution is -2.31. The van der Waals surface area contributed by atoms with Crippen molar-refractivity contribution < 1.29 is 14.8 Å². The van der Waals surface area contributed by atoms with Gasteiger partial charge in [-0.3, -0.25) is 15.1 Å². The van der Waals surface area contributed by atoms with Crippen molar-refractivity contribution in [1.29, 1.82) is 0 Å². The summed E-state index contributed by atoms with van der Waals surface area (Å²) < 4.78 is 7.51. The summed E-state index contributed by atoms with van der Waals surface area (Å²) in [5.41, 5.74) is 4.30. The van der Waals surface area contributed by atoms with E-state index in [2.05, 4.69) is 21.3 Å². The van der Waals surface area contributed by atoms with Gasteiger partial charge >= 0.3 is 0 Å². The Morgan fingerprint density at radius 3 is 2.71 bits per heavy atom. The number of aryl methyl sites for hydroxylation is 1. The van der Waals surface area contributed by atoms with Crippen LogP contribution in [0.2, 0.25) is 0 Å². The van der Waals surface area contributed by atoms with Crippen molar-refractivity contribution in [2.24, 2.45) is 0 Å². The van der Waals surface area contributed by atoms with Crippen LogP contribution < -0.4 is 10.1 Å². The lowest BCUT2D eigenvalue weighted by molar-refractivity contribution is -0.384. The Hall–Kier alpha value is -3.50. The summed E-state index contributed by atoms with van der Waals surface area (Å²) >= 11 is 5.67. The number of methoxy groups -OCH3 is 1. The quantitative estimate of drug-likeness (QED) is 0.285. The van der Waals surface area contributed by atoms with Gasteiger partial charge in [-0.15, -0.1) is 0 Å². The van der Waals surface area contributed by atoms with Gasteiger partial charge in [0.15, 0.2) is 5.11 Å². The second kappa shape index (κ2) is 9.78. The highest BCUT2D eigenvalue weighted by Crippen LogP contribution is 2.42. The number of thiocarbonyl (C=S) groups is 1. The molecule has 4 rings (SSSR count). The van der Waals surface area contributed by atoms with Gasteiger partial charge in [0.1, 0.15) is 5.75 Å². The van der Waals surface area contributed by atoms with Crippen LogP contribution in [-0.4, -0.2) is 49.9 Å². The normalized spacial score (nSPS) is 17.6. The Balaban J connectivity index is 1.86. The second-order valence-corrected chi connectivity index (χ2v) is 8.56. The van der Waals surface area contributed by atoms with Crippen LogP contribution in [0.15, 0.2) is 48.7 Å². The van der Waals surface area contributed by atoms with Crippen LogP contribution in [0.5, 0.6) is 5.75 Å². The Bertz CT molecular complexity index is 1210. The third kappa shape index (κ3) is 4.22. The molecule has 0 spiro atoms.